The third-order valence-corrected chi connectivity index (χ3v) is 7.16. The van der Waals surface area contributed by atoms with E-state index in [1.165, 1.54) is 11.1 Å². The number of para-hydroxylation sites is 1. The molecule has 0 aromatic heterocycles. The number of fused-ring (bicyclic) bond motifs is 1. The van der Waals surface area contributed by atoms with Gasteiger partial charge in [-0.05, 0) is 47.4 Å². The molecule has 1 aliphatic heterocycles. The van der Waals surface area contributed by atoms with Gasteiger partial charge in [0, 0.05) is 29.3 Å². The van der Waals surface area contributed by atoms with Crippen molar-refractivity contribution in [1.82, 2.24) is 0 Å². The number of benzene rings is 2. The molecule has 0 fully saturated rings. The van der Waals surface area contributed by atoms with Crippen LogP contribution in [0.2, 0.25) is 0 Å². The fraction of sp³-hybridized carbons (Fsp3) is 0.276. The third kappa shape index (κ3) is 3.15. The molecule has 0 amide bonds. The second kappa shape index (κ2) is 7.37. The number of carbonyl (C=O) groups excluding carboxylic acids is 1. The van der Waals surface area contributed by atoms with Gasteiger partial charge in [0.05, 0.1) is 11.1 Å². The molecule has 3 heteroatoms. The molecule has 1 heterocycles. The van der Waals surface area contributed by atoms with E-state index in [1.807, 2.05) is 37.4 Å². The van der Waals surface area contributed by atoms with Crippen molar-refractivity contribution < 1.29 is 9.90 Å². The predicted octanol–water partition coefficient (Wildman–Crippen LogP) is 6.46. The Morgan fingerprint density at radius 1 is 1.09 bits per heavy atom. The topological polar surface area (TPSA) is 40.5 Å². The molecule has 0 radical (unpaired) electrons. The fourth-order valence-corrected chi connectivity index (χ4v) is 4.91. The van der Waals surface area contributed by atoms with Crippen molar-refractivity contribution in [3.63, 3.8) is 0 Å². The average Bonchev–Trinajstić information content (AvgIpc) is 2.95. The Morgan fingerprint density at radius 3 is 2.34 bits per heavy atom. The van der Waals surface area contributed by atoms with E-state index >= 15 is 0 Å². The monoisotopic (exact) mass is 425 g/mol. The minimum atomic E-state index is -0.359. The highest BCUT2D eigenvalue weighted by molar-refractivity contribution is 6.21. The van der Waals surface area contributed by atoms with Crippen LogP contribution in [0.1, 0.15) is 44.4 Å². The van der Waals surface area contributed by atoms with Gasteiger partial charge in [0.25, 0.3) is 0 Å². The molecule has 1 aliphatic carbocycles. The SMILES string of the molecule is C=C(/C=C1\C(=O)C(/C=C2/N(C)c3ccccc3C2(C)C)=C1O)C(C)(C)c1ccccc1C. The number of hydrogen-bond acceptors (Lipinski definition) is 3. The summed E-state index contributed by atoms with van der Waals surface area (Å²) in [5, 5.41) is 10.8. The first-order valence-electron chi connectivity index (χ1n) is 11.0. The molecule has 0 atom stereocenters. The predicted molar refractivity (Wildman–Crippen MR) is 132 cm³/mol. The number of ketones is 1. The zero-order valence-corrected chi connectivity index (χ0v) is 19.8. The molecule has 2 aromatic rings. The largest absolute Gasteiger partial charge is 0.506 e. The Bertz CT molecular complexity index is 1240. The molecular weight excluding hydrogens is 394 g/mol. The first-order valence-corrected chi connectivity index (χ1v) is 11.0. The number of aliphatic hydroxyl groups is 1. The van der Waals surface area contributed by atoms with Gasteiger partial charge in [0.15, 0.2) is 0 Å². The van der Waals surface area contributed by atoms with Crippen LogP contribution in [0.3, 0.4) is 0 Å². The maximum Gasteiger partial charge on any atom is 0.200 e. The lowest BCUT2D eigenvalue weighted by molar-refractivity contribution is -0.113. The average molecular weight is 426 g/mol. The molecular formula is C29H31NO2. The van der Waals surface area contributed by atoms with Crippen LogP contribution in [0.4, 0.5) is 5.69 Å². The van der Waals surface area contributed by atoms with Gasteiger partial charge in [-0.3, -0.25) is 4.79 Å². The smallest absolute Gasteiger partial charge is 0.200 e. The lowest BCUT2D eigenvalue weighted by Gasteiger charge is -2.30. The zero-order valence-electron chi connectivity index (χ0n) is 19.8. The highest BCUT2D eigenvalue weighted by Gasteiger charge is 2.41. The normalized spacial score (nSPS) is 20.1. The van der Waals surface area contributed by atoms with Crippen molar-refractivity contribution >= 4 is 11.5 Å². The lowest BCUT2D eigenvalue weighted by Crippen LogP contribution is -2.28. The van der Waals surface area contributed by atoms with Crippen molar-refractivity contribution in [2.75, 3.05) is 11.9 Å². The summed E-state index contributed by atoms with van der Waals surface area (Å²) < 4.78 is 0. The number of Topliss-reactive ketones (excluding diaryl/α,β-unsaturated/α-hetero) is 1. The summed E-state index contributed by atoms with van der Waals surface area (Å²) in [7, 11) is 2.00. The fourth-order valence-electron chi connectivity index (χ4n) is 4.91. The Kier molecular flexibility index (Phi) is 5.04. The van der Waals surface area contributed by atoms with Gasteiger partial charge in [-0.25, -0.2) is 0 Å². The Labute approximate surface area is 191 Å². The Balaban J connectivity index is 1.68. The van der Waals surface area contributed by atoms with Gasteiger partial charge < -0.3 is 10.0 Å². The highest BCUT2D eigenvalue weighted by Crippen LogP contribution is 2.48. The van der Waals surface area contributed by atoms with Gasteiger partial charge in [0.2, 0.25) is 5.78 Å². The summed E-state index contributed by atoms with van der Waals surface area (Å²) in [6.45, 7) is 14.8. The molecule has 164 valence electrons. The number of carbonyl (C=O) groups is 1. The summed E-state index contributed by atoms with van der Waals surface area (Å²) in [4.78, 5) is 15.1. The first-order chi connectivity index (χ1) is 15.0. The molecule has 3 nitrogen and oxygen atoms in total. The summed E-state index contributed by atoms with van der Waals surface area (Å²) in [6, 6.07) is 16.4. The molecule has 2 aliphatic rings. The van der Waals surface area contributed by atoms with E-state index in [1.54, 1.807) is 6.08 Å². The van der Waals surface area contributed by atoms with E-state index in [0.717, 1.165) is 22.5 Å². The van der Waals surface area contributed by atoms with E-state index in [4.69, 9.17) is 0 Å². The highest BCUT2D eigenvalue weighted by atomic mass is 16.3. The summed E-state index contributed by atoms with van der Waals surface area (Å²) in [5.41, 5.74) is 6.53. The van der Waals surface area contributed by atoms with E-state index in [0.29, 0.717) is 11.1 Å². The molecule has 0 bridgehead atoms. The Morgan fingerprint density at radius 2 is 1.72 bits per heavy atom. The second-order valence-electron chi connectivity index (χ2n) is 9.85. The van der Waals surface area contributed by atoms with Crippen LogP contribution < -0.4 is 4.90 Å². The number of hydrogen-bond donors (Lipinski definition) is 1. The third-order valence-electron chi connectivity index (χ3n) is 7.16. The number of anilines is 1. The van der Waals surface area contributed by atoms with Gasteiger partial charge in [-0.15, -0.1) is 0 Å². The van der Waals surface area contributed by atoms with Gasteiger partial charge in [-0.1, -0.05) is 76.7 Å². The van der Waals surface area contributed by atoms with E-state index in [2.05, 4.69) is 70.4 Å². The molecule has 0 saturated heterocycles. The van der Waals surface area contributed by atoms with Crippen LogP contribution in [0.15, 0.2) is 95.4 Å². The van der Waals surface area contributed by atoms with Crippen molar-refractivity contribution in [3.8, 4) is 0 Å². The second-order valence-corrected chi connectivity index (χ2v) is 9.85. The van der Waals surface area contributed by atoms with Crippen LogP contribution in [-0.4, -0.2) is 17.9 Å². The van der Waals surface area contributed by atoms with Crippen molar-refractivity contribution in [1.29, 1.82) is 0 Å². The van der Waals surface area contributed by atoms with E-state index in [9.17, 15) is 9.90 Å². The Hall–Kier alpha value is -3.33. The number of aryl methyl sites for hydroxylation is 1. The van der Waals surface area contributed by atoms with Crippen molar-refractivity contribution in [2.45, 2.75) is 45.4 Å². The van der Waals surface area contributed by atoms with Crippen molar-refractivity contribution in [3.05, 3.63) is 112 Å². The number of likely N-dealkylation sites (N-methyl/N-ethyl adjacent to an activating group) is 1. The molecule has 0 unspecified atom stereocenters. The van der Waals surface area contributed by atoms with Gasteiger partial charge in [-0.2, -0.15) is 0 Å². The quantitative estimate of drug-likeness (QED) is 0.571. The van der Waals surface area contributed by atoms with Gasteiger partial charge >= 0.3 is 0 Å². The minimum absolute atomic E-state index is 0.0457. The number of nitrogens with zero attached hydrogens (tertiary/aromatic N) is 1. The van der Waals surface area contributed by atoms with Crippen LogP contribution in [0, 0.1) is 6.92 Å². The minimum Gasteiger partial charge on any atom is -0.506 e. The van der Waals surface area contributed by atoms with Crippen LogP contribution in [0.5, 0.6) is 0 Å². The van der Waals surface area contributed by atoms with Gasteiger partial charge in [0.1, 0.15) is 5.76 Å². The van der Waals surface area contributed by atoms with Crippen LogP contribution >= 0.6 is 0 Å². The summed E-state index contributed by atoms with van der Waals surface area (Å²) >= 11 is 0. The summed E-state index contributed by atoms with van der Waals surface area (Å²) in [6.07, 6.45) is 3.58. The molecule has 0 spiro atoms. The van der Waals surface area contributed by atoms with Crippen LogP contribution in [-0.2, 0) is 15.6 Å². The number of allylic oxidation sites excluding steroid dienone is 6. The maximum absolute atomic E-state index is 13.0. The summed E-state index contributed by atoms with van der Waals surface area (Å²) in [5.74, 6) is -0.0960. The van der Waals surface area contributed by atoms with Crippen molar-refractivity contribution in [2.24, 2.45) is 0 Å². The van der Waals surface area contributed by atoms with E-state index in [-0.39, 0.29) is 22.4 Å². The van der Waals surface area contributed by atoms with Crippen LogP contribution in [0.25, 0.3) is 0 Å². The molecule has 1 N–H and O–H groups in total. The number of rotatable bonds is 4. The zero-order chi connectivity index (χ0) is 23.4. The molecule has 4 rings (SSSR count). The van der Waals surface area contributed by atoms with E-state index < -0.39 is 0 Å². The first kappa shape index (κ1) is 21.9. The molecule has 32 heavy (non-hydrogen) atoms. The molecule has 2 aromatic carbocycles. The lowest BCUT2D eigenvalue weighted by atomic mass is 9.74. The number of aliphatic hydroxyl groups excluding tert-OH is 1. The standard InChI is InChI=1S/C29H31NO2/c1-18-12-8-9-13-22(18)28(3,4)19(2)16-20-26(31)21(27(20)32)17-25-29(5,6)23-14-10-11-15-24(23)30(25)7/h8-17,31H,2H2,1,3-7H3/b20-16-,25-17+. The maximum atomic E-state index is 13.0. The molecule has 0 saturated carbocycles.